The van der Waals surface area contributed by atoms with E-state index in [1.54, 1.807) is 46.2 Å². The molecular formula is C19H17Cl2N3O3. The zero-order valence-corrected chi connectivity index (χ0v) is 15.9. The molecule has 2 saturated heterocycles. The van der Waals surface area contributed by atoms with Gasteiger partial charge in [0.15, 0.2) is 0 Å². The number of rotatable bonds is 4. The van der Waals surface area contributed by atoms with Crippen molar-refractivity contribution in [2.24, 2.45) is 5.92 Å². The number of pyridine rings is 1. The molecule has 2 amide bonds. The molecule has 27 heavy (non-hydrogen) atoms. The van der Waals surface area contributed by atoms with Gasteiger partial charge in [0.1, 0.15) is 6.10 Å². The second-order valence-corrected chi connectivity index (χ2v) is 7.55. The first-order chi connectivity index (χ1) is 13.0. The summed E-state index contributed by atoms with van der Waals surface area (Å²) in [7, 11) is 0. The smallest absolute Gasteiger partial charge is 0.228 e. The van der Waals surface area contributed by atoms with Crippen LogP contribution in [0.15, 0.2) is 42.6 Å². The number of benzene rings is 1. The first kappa shape index (κ1) is 18.1. The Morgan fingerprint density at radius 3 is 2.41 bits per heavy atom. The molecule has 140 valence electrons. The van der Waals surface area contributed by atoms with Crippen molar-refractivity contribution in [3.8, 4) is 5.88 Å². The molecule has 3 heterocycles. The van der Waals surface area contributed by atoms with Crippen molar-refractivity contribution in [2.75, 3.05) is 24.5 Å². The monoisotopic (exact) mass is 405 g/mol. The number of hydrogen-bond acceptors (Lipinski definition) is 4. The fourth-order valence-corrected chi connectivity index (χ4v) is 3.53. The molecule has 1 unspecified atom stereocenters. The minimum Gasteiger partial charge on any atom is -0.471 e. The molecule has 1 aromatic carbocycles. The third kappa shape index (κ3) is 3.87. The largest absolute Gasteiger partial charge is 0.471 e. The van der Waals surface area contributed by atoms with Gasteiger partial charge in [0, 0.05) is 35.9 Å². The summed E-state index contributed by atoms with van der Waals surface area (Å²) in [6.07, 6.45) is 1.66. The van der Waals surface area contributed by atoms with E-state index in [4.69, 9.17) is 27.9 Å². The van der Waals surface area contributed by atoms with E-state index >= 15 is 0 Å². The van der Waals surface area contributed by atoms with Gasteiger partial charge in [-0.05, 0) is 30.3 Å². The van der Waals surface area contributed by atoms with Gasteiger partial charge in [-0.25, -0.2) is 4.98 Å². The Morgan fingerprint density at radius 2 is 1.74 bits per heavy atom. The van der Waals surface area contributed by atoms with Gasteiger partial charge in [-0.15, -0.1) is 0 Å². The maximum Gasteiger partial charge on any atom is 0.228 e. The number of carbonyl (C=O) groups excluding carboxylic acids is 2. The van der Waals surface area contributed by atoms with E-state index in [0.717, 1.165) is 5.69 Å². The van der Waals surface area contributed by atoms with E-state index in [-0.39, 0.29) is 30.3 Å². The highest BCUT2D eigenvalue weighted by atomic mass is 35.5. The van der Waals surface area contributed by atoms with Crippen molar-refractivity contribution >= 4 is 40.7 Å². The van der Waals surface area contributed by atoms with Crippen LogP contribution < -0.4 is 9.64 Å². The van der Waals surface area contributed by atoms with Crippen LogP contribution in [0.3, 0.4) is 0 Å². The van der Waals surface area contributed by atoms with Gasteiger partial charge in [0.25, 0.3) is 0 Å². The normalized spacial score (nSPS) is 19.9. The maximum atomic E-state index is 12.7. The standard InChI is InChI=1S/C19H17Cl2N3O3/c20-13-1-4-15(5-2-13)24-9-12(7-18(24)25)19(26)23-10-16(11-23)27-17-6-3-14(21)8-22-17/h1-6,8,12,16H,7,9-11H2. The van der Waals surface area contributed by atoms with E-state index in [0.29, 0.717) is 35.6 Å². The lowest BCUT2D eigenvalue weighted by molar-refractivity contribution is -0.144. The summed E-state index contributed by atoms with van der Waals surface area (Å²) < 4.78 is 5.72. The highest BCUT2D eigenvalue weighted by Gasteiger charge is 2.41. The summed E-state index contributed by atoms with van der Waals surface area (Å²) in [5.41, 5.74) is 0.762. The number of ether oxygens (including phenoxy) is 1. The molecule has 0 spiro atoms. The molecule has 0 bridgehead atoms. The average Bonchev–Trinajstić information content (AvgIpc) is 3.01. The topological polar surface area (TPSA) is 62.7 Å². The van der Waals surface area contributed by atoms with E-state index in [2.05, 4.69) is 4.98 Å². The maximum absolute atomic E-state index is 12.7. The molecule has 1 atom stereocenters. The van der Waals surface area contributed by atoms with Crippen LogP contribution in [0.5, 0.6) is 5.88 Å². The highest BCUT2D eigenvalue weighted by Crippen LogP contribution is 2.29. The third-order valence-corrected chi connectivity index (χ3v) is 5.24. The van der Waals surface area contributed by atoms with Crippen LogP contribution in [0.25, 0.3) is 0 Å². The Morgan fingerprint density at radius 1 is 1.04 bits per heavy atom. The number of amides is 2. The Balaban J connectivity index is 1.31. The molecule has 0 radical (unpaired) electrons. The molecule has 6 nitrogen and oxygen atoms in total. The fourth-order valence-electron chi connectivity index (χ4n) is 3.30. The SMILES string of the molecule is O=C(C1CC(=O)N(c2ccc(Cl)cc2)C1)N1CC(Oc2ccc(Cl)cn2)C1. The highest BCUT2D eigenvalue weighted by molar-refractivity contribution is 6.30. The Hall–Kier alpha value is -2.31. The van der Waals surface area contributed by atoms with E-state index in [9.17, 15) is 9.59 Å². The van der Waals surface area contributed by atoms with Gasteiger partial charge in [-0.2, -0.15) is 0 Å². The van der Waals surface area contributed by atoms with Crippen molar-refractivity contribution in [3.63, 3.8) is 0 Å². The lowest BCUT2D eigenvalue weighted by Gasteiger charge is -2.39. The van der Waals surface area contributed by atoms with Crippen LogP contribution in [-0.4, -0.2) is 47.4 Å². The zero-order valence-electron chi connectivity index (χ0n) is 14.3. The predicted octanol–water partition coefficient (Wildman–Crippen LogP) is 3.03. The Kier molecular flexibility index (Phi) is 4.93. The lowest BCUT2D eigenvalue weighted by atomic mass is 10.0. The van der Waals surface area contributed by atoms with E-state index in [1.165, 1.54) is 6.20 Å². The van der Waals surface area contributed by atoms with Gasteiger partial charge in [0.05, 0.1) is 24.0 Å². The van der Waals surface area contributed by atoms with Gasteiger partial charge in [-0.1, -0.05) is 23.2 Å². The minimum atomic E-state index is -0.331. The van der Waals surface area contributed by atoms with Gasteiger partial charge >= 0.3 is 0 Å². The number of aromatic nitrogens is 1. The van der Waals surface area contributed by atoms with Crippen molar-refractivity contribution in [1.29, 1.82) is 0 Å². The molecule has 2 aliphatic rings. The van der Waals surface area contributed by atoms with Crippen LogP contribution in [0.2, 0.25) is 10.0 Å². The number of nitrogens with zero attached hydrogens (tertiary/aromatic N) is 3. The van der Waals surface area contributed by atoms with Gasteiger partial charge in [-0.3, -0.25) is 9.59 Å². The summed E-state index contributed by atoms with van der Waals surface area (Å²) in [6.45, 7) is 1.38. The second-order valence-electron chi connectivity index (χ2n) is 6.68. The van der Waals surface area contributed by atoms with Gasteiger partial charge < -0.3 is 14.5 Å². The summed E-state index contributed by atoms with van der Waals surface area (Å²) >= 11 is 11.7. The first-order valence-corrected chi connectivity index (χ1v) is 9.38. The van der Waals surface area contributed by atoms with Crippen LogP contribution >= 0.6 is 23.2 Å². The van der Waals surface area contributed by atoms with E-state index < -0.39 is 0 Å². The zero-order chi connectivity index (χ0) is 19.0. The number of likely N-dealkylation sites (tertiary alicyclic amines) is 1. The number of anilines is 1. The minimum absolute atomic E-state index is 0.0104. The first-order valence-electron chi connectivity index (χ1n) is 8.62. The predicted molar refractivity (Wildman–Crippen MR) is 102 cm³/mol. The molecule has 2 aromatic rings. The number of halogens is 2. The van der Waals surface area contributed by atoms with Crippen LogP contribution in [-0.2, 0) is 9.59 Å². The van der Waals surface area contributed by atoms with Crippen molar-refractivity contribution in [2.45, 2.75) is 12.5 Å². The molecule has 2 fully saturated rings. The van der Waals surface area contributed by atoms with Crippen LogP contribution in [0, 0.1) is 5.92 Å². The number of carbonyl (C=O) groups is 2. The van der Waals surface area contributed by atoms with Gasteiger partial charge in [0.2, 0.25) is 17.7 Å². The van der Waals surface area contributed by atoms with Crippen molar-refractivity contribution < 1.29 is 14.3 Å². The fraction of sp³-hybridized carbons (Fsp3) is 0.316. The van der Waals surface area contributed by atoms with E-state index in [1.807, 2.05) is 0 Å². The molecule has 4 rings (SSSR count). The summed E-state index contributed by atoms with van der Waals surface area (Å²) in [5, 5.41) is 1.16. The quantitative estimate of drug-likeness (QED) is 0.783. The Labute approximate surface area is 166 Å². The molecule has 1 aromatic heterocycles. The Bertz CT molecular complexity index is 852. The number of hydrogen-bond donors (Lipinski definition) is 0. The van der Waals surface area contributed by atoms with Crippen LogP contribution in [0.4, 0.5) is 5.69 Å². The molecule has 2 aliphatic heterocycles. The summed E-state index contributed by atoms with van der Waals surface area (Å²) in [5.74, 6) is 0.0994. The molecular weight excluding hydrogens is 389 g/mol. The third-order valence-electron chi connectivity index (χ3n) is 4.76. The average molecular weight is 406 g/mol. The molecule has 8 heteroatoms. The van der Waals surface area contributed by atoms with Crippen LogP contribution in [0.1, 0.15) is 6.42 Å². The lowest BCUT2D eigenvalue weighted by Crippen LogP contribution is -2.57. The second kappa shape index (κ2) is 7.37. The van der Waals surface area contributed by atoms with Crippen molar-refractivity contribution in [1.82, 2.24) is 9.88 Å². The molecule has 0 N–H and O–H groups in total. The summed E-state index contributed by atoms with van der Waals surface area (Å²) in [4.78, 5) is 32.5. The summed E-state index contributed by atoms with van der Waals surface area (Å²) in [6, 6.07) is 10.5. The molecule has 0 aliphatic carbocycles. The van der Waals surface area contributed by atoms with Crippen molar-refractivity contribution in [3.05, 3.63) is 52.6 Å². The molecule has 0 saturated carbocycles.